The molecule has 0 heterocycles. The summed E-state index contributed by atoms with van der Waals surface area (Å²) in [6, 6.07) is 7.71. The van der Waals surface area contributed by atoms with Crippen molar-refractivity contribution in [1.29, 1.82) is 0 Å². The van der Waals surface area contributed by atoms with E-state index < -0.39 is 18.3 Å². The van der Waals surface area contributed by atoms with Crippen molar-refractivity contribution in [2.24, 2.45) is 0 Å². The molecule has 1 rings (SSSR count). The Morgan fingerprint density at radius 3 is 2.47 bits per heavy atom. The van der Waals surface area contributed by atoms with Gasteiger partial charge in [0.05, 0.1) is 0 Å². The Morgan fingerprint density at radius 2 is 1.94 bits per heavy atom. The lowest BCUT2D eigenvalue weighted by Gasteiger charge is -2.13. The van der Waals surface area contributed by atoms with Crippen LogP contribution in [0.1, 0.15) is 18.9 Å². The molecule has 0 fully saturated rings. The number of hydrogen-bond acceptors (Lipinski definition) is 2. The lowest BCUT2D eigenvalue weighted by atomic mass is 10.1. The van der Waals surface area contributed by atoms with E-state index in [2.05, 4.69) is 21.2 Å². The number of hydrogen-bond donors (Lipinski definition) is 2. The van der Waals surface area contributed by atoms with Crippen LogP contribution < -0.4 is 5.32 Å². The fourth-order valence-corrected chi connectivity index (χ4v) is 1.75. The van der Waals surface area contributed by atoms with Gasteiger partial charge in [-0.25, -0.2) is 0 Å². The molecule has 1 aromatic carbocycles. The molecule has 1 unspecified atom stereocenters. The van der Waals surface area contributed by atoms with Crippen molar-refractivity contribution in [2.45, 2.75) is 25.8 Å². The molecule has 17 heavy (non-hydrogen) atoms. The van der Waals surface area contributed by atoms with Gasteiger partial charge in [-0.05, 0) is 31.0 Å². The van der Waals surface area contributed by atoms with Gasteiger partial charge in [0, 0.05) is 10.5 Å². The molecule has 0 spiro atoms. The number of carboxylic acids is 1. The Bertz CT molecular complexity index is 403. The Balaban J connectivity index is 2.44. The minimum Gasteiger partial charge on any atom is -0.481 e. The van der Waals surface area contributed by atoms with Gasteiger partial charge in [0.2, 0.25) is 5.91 Å². The number of carbonyl (C=O) groups excluding carboxylic acids is 1. The molecule has 2 N–H and O–H groups in total. The molecule has 1 atom stereocenters. The minimum atomic E-state index is -1.11. The van der Waals surface area contributed by atoms with Crippen molar-refractivity contribution < 1.29 is 14.7 Å². The average molecular weight is 300 g/mol. The first-order chi connectivity index (χ1) is 7.97. The minimum absolute atomic E-state index is 0.0805. The van der Waals surface area contributed by atoms with Crippen molar-refractivity contribution in [3.05, 3.63) is 34.3 Å². The van der Waals surface area contributed by atoms with Gasteiger partial charge in [-0.3, -0.25) is 9.59 Å². The monoisotopic (exact) mass is 299 g/mol. The number of halogens is 1. The lowest BCUT2D eigenvalue weighted by Crippen LogP contribution is -2.35. The molecule has 0 radical (unpaired) electrons. The molecule has 0 aliphatic carbocycles. The van der Waals surface area contributed by atoms with E-state index in [4.69, 9.17) is 5.11 Å². The highest BCUT2D eigenvalue weighted by Crippen LogP contribution is 2.11. The first-order valence-electron chi connectivity index (χ1n) is 5.23. The van der Waals surface area contributed by atoms with Crippen LogP contribution in [0.3, 0.4) is 0 Å². The van der Waals surface area contributed by atoms with Gasteiger partial charge in [0.15, 0.2) is 0 Å². The van der Waals surface area contributed by atoms with Crippen LogP contribution in [0.5, 0.6) is 0 Å². The van der Waals surface area contributed by atoms with Gasteiger partial charge in [0.25, 0.3) is 0 Å². The highest BCUT2D eigenvalue weighted by atomic mass is 79.9. The van der Waals surface area contributed by atoms with Crippen molar-refractivity contribution in [3.63, 3.8) is 0 Å². The van der Waals surface area contributed by atoms with Crippen LogP contribution in [0.2, 0.25) is 0 Å². The second-order valence-corrected chi connectivity index (χ2v) is 4.79. The number of aliphatic carboxylic acids is 1. The molecule has 0 bridgehead atoms. The molecular formula is C12H14BrNO3. The fourth-order valence-electron chi connectivity index (χ4n) is 1.49. The molecule has 1 amide bonds. The first-order valence-corrected chi connectivity index (χ1v) is 6.02. The van der Waals surface area contributed by atoms with Crippen LogP contribution in [-0.4, -0.2) is 23.0 Å². The normalized spacial score (nSPS) is 11.9. The summed E-state index contributed by atoms with van der Waals surface area (Å²) in [5, 5.41) is 11.1. The van der Waals surface area contributed by atoms with Crippen LogP contribution in [-0.2, 0) is 16.0 Å². The highest BCUT2D eigenvalue weighted by Gasteiger charge is 2.11. The standard InChI is InChI=1S/C12H14BrNO3/c1-8(14-11(15)7-12(16)17)6-9-2-4-10(13)5-3-9/h2-5,8H,6-7H2,1H3,(H,14,15)(H,16,17). The molecule has 1 aromatic rings. The van der Waals surface area contributed by atoms with Crippen molar-refractivity contribution in [3.8, 4) is 0 Å². The highest BCUT2D eigenvalue weighted by molar-refractivity contribution is 9.10. The van der Waals surface area contributed by atoms with Gasteiger partial charge >= 0.3 is 5.97 Å². The Labute approximate surface area is 108 Å². The number of amides is 1. The summed E-state index contributed by atoms with van der Waals surface area (Å²) < 4.78 is 1.00. The first kappa shape index (κ1) is 13.7. The van der Waals surface area contributed by atoms with Crippen LogP contribution in [0.25, 0.3) is 0 Å². The average Bonchev–Trinajstić information content (AvgIpc) is 2.19. The van der Waals surface area contributed by atoms with Crippen LogP contribution >= 0.6 is 15.9 Å². The molecule has 0 aliphatic heterocycles. The number of carboxylic acid groups (broad SMARTS) is 1. The number of benzene rings is 1. The summed E-state index contributed by atoms with van der Waals surface area (Å²) in [5.74, 6) is -1.57. The Kier molecular flexibility index (Phi) is 5.15. The summed E-state index contributed by atoms with van der Waals surface area (Å²) in [4.78, 5) is 21.5. The Morgan fingerprint density at radius 1 is 1.35 bits per heavy atom. The van der Waals surface area contributed by atoms with Crippen LogP contribution in [0, 0.1) is 0 Å². The van der Waals surface area contributed by atoms with Gasteiger partial charge < -0.3 is 10.4 Å². The molecule has 4 nitrogen and oxygen atoms in total. The zero-order chi connectivity index (χ0) is 12.8. The van der Waals surface area contributed by atoms with Gasteiger partial charge in [-0.1, -0.05) is 28.1 Å². The van der Waals surface area contributed by atoms with E-state index in [0.29, 0.717) is 6.42 Å². The number of rotatable bonds is 5. The number of carbonyl (C=O) groups is 2. The zero-order valence-corrected chi connectivity index (χ0v) is 11.0. The van der Waals surface area contributed by atoms with E-state index in [1.165, 1.54) is 0 Å². The third-order valence-electron chi connectivity index (χ3n) is 2.17. The summed E-state index contributed by atoms with van der Waals surface area (Å²) in [6.45, 7) is 1.85. The predicted octanol–water partition coefficient (Wildman–Crippen LogP) is 1.97. The molecule has 0 aromatic heterocycles. The predicted molar refractivity (Wildman–Crippen MR) is 67.7 cm³/mol. The van der Waals surface area contributed by atoms with Gasteiger partial charge in [-0.15, -0.1) is 0 Å². The third kappa shape index (κ3) is 5.49. The number of nitrogens with one attached hydrogen (secondary N) is 1. The maximum absolute atomic E-state index is 11.2. The maximum atomic E-state index is 11.2. The summed E-state index contributed by atoms with van der Waals surface area (Å²) in [6.07, 6.45) is 0.198. The summed E-state index contributed by atoms with van der Waals surface area (Å²) >= 11 is 3.34. The molecule has 5 heteroatoms. The quantitative estimate of drug-likeness (QED) is 0.817. The van der Waals surface area contributed by atoms with E-state index >= 15 is 0 Å². The second-order valence-electron chi connectivity index (χ2n) is 3.87. The maximum Gasteiger partial charge on any atom is 0.312 e. The van der Waals surface area contributed by atoms with E-state index in [0.717, 1.165) is 10.0 Å². The van der Waals surface area contributed by atoms with Gasteiger partial charge in [-0.2, -0.15) is 0 Å². The fraction of sp³-hybridized carbons (Fsp3) is 0.333. The Hall–Kier alpha value is -1.36. The van der Waals surface area contributed by atoms with Crippen molar-refractivity contribution in [2.75, 3.05) is 0 Å². The van der Waals surface area contributed by atoms with Crippen molar-refractivity contribution >= 4 is 27.8 Å². The summed E-state index contributed by atoms with van der Waals surface area (Å²) in [5.41, 5.74) is 1.09. The molecule has 92 valence electrons. The smallest absolute Gasteiger partial charge is 0.312 e. The summed E-state index contributed by atoms with van der Waals surface area (Å²) in [7, 11) is 0. The largest absolute Gasteiger partial charge is 0.481 e. The van der Waals surface area contributed by atoms with Gasteiger partial charge in [0.1, 0.15) is 6.42 Å². The third-order valence-corrected chi connectivity index (χ3v) is 2.70. The van der Waals surface area contributed by atoms with E-state index in [9.17, 15) is 9.59 Å². The molecule has 0 saturated heterocycles. The second kappa shape index (κ2) is 6.39. The van der Waals surface area contributed by atoms with E-state index in [1.54, 1.807) is 0 Å². The van der Waals surface area contributed by atoms with Crippen LogP contribution in [0.15, 0.2) is 28.7 Å². The molecule has 0 saturated carbocycles. The lowest BCUT2D eigenvalue weighted by molar-refractivity contribution is -0.140. The van der Waals surface area contributed by atoms with E-state index in [1.807, 2.05) is 31.2 Å². The topological polar surface area (TPSA) is 66.4 Å². The molecular weight excluding hydrogens is 286 g/mol. The van der Waals surface area contributed by atoms with E-state index in [-0.39, 0.29) is 6.04 Å². The SMILES string of the molecule is CC(Cc1ccc(Br)cc1)NC(=O)CC(=O)O. The van der Waals surface area contributed by atoms with Crippen LogP contribution in [0.4, 0.5) is 0 Å². The van der Waals surface area contributed by atoms with Crippen molar-refractivity contribution in [1.82, 2.24) is 5.32 Å². The molecule has 0 aliphatic rings. The zero-order valence-electron chi connectivity index (χ0n) is 9.44.